The van der Waals surface area contributed by atoms with Crippen molar-refractivity contribution >= 4 is 5.91 Å². The van der Waals surface area contributed by atoms with Crippen LogP contribution in [0.1, 0.15) is 96.8 Å². The molecule has 1 amide bonds. The van der Waals surface area contributed by atoms with Gasteiger partial charge in [0.05, 0.1) is 6.54 Å². The molecule has 0 fully saturated rings. The van der Waals surface area contributed by atoms with Crippen LogP contribution < -0.4 is 10.6 Å². The van der Waals surface area contributed by atoms with Crippen molar-refractivity contribution in [2.75, 3.05) is 19.6 Å². The Morgan fingerprint density at radius 1 is 0.792 bits per heavy atom. The van der Waals surface area contributed by atoms with Crippen molar-refractivity contribution in [2.24, 2.45) is 0 Å². The predicted molar refractivity (Wildman–Crippen MR) is 106 cm³/mol. The Morgan fingerprint density at radius 3 is 1.71 bits per heavy atom. The summed E-state index contributed by atoms with van der Waals surface area (Å²) >= 11 is 0. The Bertz CT molecular complexity index is 279. The lowest BCUT2D eigenvalue weighted by Crippen LogP contribution is -2.34. The highest BCUT2D eigenvalue weighted by Gasteiger charge is 1.98. The second-order valence-electron chi connectivity index (χ2n) is 6.87. The third-order valence-corrected chi connectivity index (χ3v) is 4.43. The maximum Gasteiger partial charge on any atom is 0.233 e. The van der Waals surface area contributed by atoms with Crippen molar-refractivity contribution in [1.29, 1.82) is 0 Å². The summed E-state index contributed by atoms with van der Waals surface area (Å²) in [7, 11) is 0. The van der Waals surface area contributed by atoms with Crippen LogP contribution in [-0.4, -0.2) is 25.5 Å². The molecule has 0 spiro atoms. The third-order valence-electron chi connectivity index (χ3n) is 4.43. The molecule has 0 rings (SSSR count). The molecule has 0 aliphatic carbocycles. The third kappa shape index (κ3) is 19.2. The Morgan fingerprint density at radius 2 is 1.25 bits per heavy atom. The van der Waals surface area contributed by atoms with Crippen LogP contribution in [0.25, 0.3) is 0 Å². The quantitative estimate of drug-likeness (QED) is 0.246. The minimum atomic E-state index is 0.0894. The molecule has 0 saturated heterocycles. The molecule has 24 heavy (non-hydrogen) atoms. The monoisotopic (exact) mass is 338 g/mol. The van der Waals surface area contributed by atoms with Gasteiger partial charge in [0, 0.05) is 13.1 Å². The molecule has 0 radical (unpaired) electrons. The van der Waals surface area contributed by atoms with Crippen LogP contribution in [0.2, 0.25) is 0 Å². The number of hydrogen-bond donors (Lipinski definition) is 2. The summed E-state index contributed by atoms with van der Waals surface area (Å²) in [6, 6.07) is 0. The van der Waals surface area contributed by atoms with Crippen molar-refractivity contribution in [3.8, 4) is 0 Å². The maximum atomic E-state index is 11.4. The van der Waals surface area contributed by atoms with Crippen LogP contribution >= 0.6 is 0 Å². The van der Waals surface area contributed by atoms with E-state index in [1.807, 2.05) is 0 Å². The normalized spacial score (nSPS) is 10.7. The molecule has 0 aromatic rings. The Balaban J connectivity index is 3.07. The lowest BCUT2D eigenvalue weighted by Gasteiger charge is -2.06. The number of nitrogens with one attached hydrogen (secondary N) is 2. The van der Waals surface area contributed by atoms with Gasteiger partial charge in [-0.15, -0.1) is 6.58 Å². The van der Waals surface area contributed by atoms with Gasteiger partial charge in [-0.25, -0.2) is 0 Å². The Kier molecular flexibility index (Phi) is 19.5. The number of hydrogen-bond acceptors (Lipinski definition) is 2. The van der Waals surface area contributed by atoms with Gasteiger partial charge in [0.2, 0.25) is 5.91 Å². The second kappa shape index (κ2) is 20.2. The molecule has 0 bridgehead atoms. The summed E-state index contributed by atoms with van der Waals surface area (Å²) in [4.78, 5) is 11.4. The molecule has 0 aromatic carbocycles. The average Bonchev–Trinajstić information content (AvgIpc) is 2.58. The topological polar surface area (TPSA) is 41.1 Å². The van der Waals surface area contributed by atoms with E-state index in [-0.39, 0.29) is 5.91 Å². The van der Waals surface area contributed by atoms with E-state index in [2.05, 4.69) is 24.1 Å². The maximum absolute atomic E-state index is 11.4. The number of rotatable bonds is 19. The number of carbonyl (C=O) groups is 1. The highest BCUT2D eigenvalue weighted by Crippen LogP contribution is 2.12. The minimum Gasteiger partial charge on any atom is -0.355 e. The molecule has 142 valence electrons. The summed E-state index contributed by atoms with van der Waals surface area (Å²) in [5.41, 5.74) is 0. The van der Waals surface area contributed by atoms with E-state index in [4.69, 9.17) is 0 Å². The van der Waals surface area contributed by atoms with E-state index in [1.165, 1.54) is 83.5 Å². The van der Waals surface area contributed by atoms with E-state index in [0.29, 0.717) is 13.1 Å². The molecule has 0 heterocycles. The van der Waals surface area contributed by atoms with E-state index in [9.17, 15) is 4.79 Å². The van der Waals surface area contributed by atoms with Crippen molar-refractivity contribution in [3.05, 3.63) is 12.7 Å². The summed E-state index contributed by atoms with van der Waals surface area (Å²) in [5, 5.41) is 5.96. The summed E-state index contributed by atoms with van der Waals surface area (Å²) in [6.45, 7) is 7.78. The molecule has 0 aromatic heterocycles. The lowest BCUT2D eigenvalue weighted by atomic mass is 10.0. The minimum absolute atomic E-state index is 0.0894. The fraction of sp³-hybridized carbons (Fsp3) is 0.857. The first kappa shape index (κ1) is 23.2. The van der Waals surface area contributed by atoms with Crippen LogP contribution in [0.5, 0.6) is 0 Å². The van der Waals surface area contributed by atoms with Gasteiger partial charge >= 0.3 is 0 Å². The van der Waals surface area contributed by atoms with E-state index < -0.39 is 0 Å². The fourth-order valence-electron chi connectivity index (χ4n) is 2.90. The molecule has 2 N–H and O–H groups in total. The molecular weight excluding hydrogens is 296 g/mol. The summed E-state index contributed by atoms with van der Waals surface area (Å²) < 4.78 is 0. The SMILES string of the molecule is C=CCNCC(=O)NCCCCCCCCCCCCCCCC. The number of amides is 1. The van der Waals surface area contributed by atoms with Gasteiger partial charge in [-0.3, -0.25) is 4.79 Å². The molecule has 3 heteroatoms. The van der Waals surface area contributed by atoms with Crippen molar-refractivity contribution in [2.45, 2.75) is 96.8 Å². The van der Waals surface area contributed by atoms with E-state index in [0.717, 1.165) is 13.0 Å². The highest BCUT2D eigenvalue weighted by molar-refractivity contribution is 5.77. The zero-order valence-electron chi connectivity index (χ0n) is 16.2. The van der Waals surface area contributed by atoms with Crippen LogP contribution in [0, 0.1) is 0 Å². The smallest absolute Gasteiger partial charge is 0.233 e. The molecule has 0 unspecified atom stereocenters. The van der Waals surface area contributed by atoms with Gasteiger partial charge in [-0.05, 0) is 6.42 Å². The first-order valence-corrected chi connectivity index (χ1v) is 10.4. The number of unbranched alkanes of at least 4 members (excludes halogenated alkanes) is 13. The van der Waals surface area contributed by atoms with Crippen molar-refractivity contribution in [3.63, 3.8) is 0 Å². The van der Waals surface area contributed by atoms with Crippen molar-refractivity contribution in [1.82, 2.24) is 10.6 Å². The first-order valence-electron chi connectivity index (χ1n) is 10.4. The van der Waals surface area contributed by atoms with Crippen LogP contribution in [0.15, 0.2) is 12.7 Å². The van der Waals surface area contributed by atoms with Crippen LogP contribution in [-0.2, 0) is 4.79 Å². The Hall–Kier alpha value is -0.830. The number of carbonyl (C=O) groups excluding carboxylic acids is 1. The largest absolute Gasteiger partial charge is 0.355 e. The zero-order chi connectivity index (χ0) is 17.7. The fourth-order valence-corrected chi connectivity index (χ4v) is 2.90. The van der Waals surface area contributed by atoms with Gasteiger partial charge in [0.1, 0.15) is 0 Å². The van der Waals surface area contributed by atoms with Crippen molar-refractivity contribution < 1.29 is 4.79 Å². The van der Waals surface area contributed by atoms with Gasteiger partial charge in [-0.1, -0.05) is 96.5 Å². The molecule has 0 saturated carbocycles. The zero-order valence-corrected chi connectivity index (χ0v) is 16.2. The standard InChI is InChI=1S/C21H42N2O/c1-3-5-6-7-8-9-10-11-12-13-14-15-16-17-19-23-21(24)20-22-18-4-2/h4,22H,2-3,5-20H2,1H3,(H,23,24). The van der Waals surface area contributed by atoms with Crippen LogP contribution in [0.3, 0.4) is 0 Å². The molecule has 0 aliphatic rings. The summed E-state index contributed by atoms with van der Waals surface area (Å²) in [6.07, 6.45) is 20.9. The van der Waals surface area contributed by atoms with Gasteiger partial charge in [0.15, 0.2) is 0 Å². The molecule has 3 nitrogen and oxygen atoms in total. The lowest BCUT2D eigenvalue weighted by molar-refractivity contribution is -0.120. The predicted octanol–water partition coefficient (Wildman–Crippen LogP) is 5.36. The van der Waals surface area contributed by atoms with E-state index in [1.54, 1.807) is 6.08 Å². The molecule has 0 atom stereocenters. The van der Waals surface area contributed by atoms with Gasteiger partial charge in [-0.2, -0.15) is 0 Å². The second-order valence-corrected chi connectivity index (χ2v) is 6.87. The van der Waals surface area contributed by atoms with Gasteiger partial charge < -0.3 is 10.6 Å². The average molecular weight is 339 g/mol. The molecular formula is C21H42N2O. The molecule has 0 aliphatic heterocycles. The van der Waals surface area contributed by atoms with Crippen LogP contribution in [0.4, 0.5) is 0 Å². The highest BCUT2D eigenvalue weighted by atomic mass is 16.1. The summed E-state index contributed by atoms with van der Waals surface area (Å²) in [5.74, 6) is 0.0894. The first-order chi connectivity index (χ1) is 11.8. The Labute approximate surface area is 151 Å². The van der Waals surface area contributed by atoms with Gasteiger partial charge in [0.25, 0.3) is 0 Å². The van der Waals surface area contributed by atoms with E-state index >= 15 is 0 Å².